The molecule has 8 nitrogen and oxygen atoms in total. The lowest BCUT2D eigenvalue weighted by Gasteiger charge is -2.40. The van der Waals surface area contributed by atoms with Gasteiger partial charge in [-0.3, -0.25) is 19.2 Å². The van der Waals surface area contributed by atoms with E-state index in [1.807, 2.05) is 31.2 Å². The second-order valence-corrected chi connectivity index (χ2v) is 16.4. The van der Waals surface area contributed by atoms with Crippen LogP contribution in [-0.2, 0) is 28.7 Å². The molecule has 2 rings (SSSR count). The van der Waals surface area contributed by atoms with Crippen LogP contribution in [0.15, 0.2) is 131 Å². The van der Waals surface area contributed by atoms with Crippen LogP contribution in [-0.4, -0.2) is 46.3 Å². The van der Waals surface area contributed by atoms with Gasteiger partial charge in [0.15, 0.2) is 0 Å². The SMILES string of the molecule is C=C(C=CC1C(C)=CC(OC(=O)CCC(=O)O)CC1(C)C)CC=CC(C)=CC=CC=C(C)C=CC=C(C)C=CC1=C(C)CC(OC(=O)CCC(=O)O)CC1(C)C. The number of esters is 2. The lowest BCUT2D eigenvalue weighted by atomic mass is 9.67. The van der Waals surface area contributed by atoms with Crippen LogP contribution in [0.25, 0.3) is 0 Å². The Balaban J connectivity index is 1.87. The van der Waals surface area contributed by atoms with Crippen LogP contribution in [0.3, 0.4) is 0 Å². The first-order valence-corrected chi connectivity index (χ1v) is 19.5. The number of carbonyl (C=O) groups excluding carboxylic acids is 2. The van der Waals surface area contributed by atoms with Crippen LogP contribution < -0.4 is 0 Å². The van der Waals surface area contributed by atoms with Crippen LogP contribution in [0, 0.1) is 16.7 Å². The maximum absolute atomic E-state index is 12.1. The summed E-state index contributed by atoms with van der Waals surface area (Å²) < 4.78 is 11.1. The van der Waals surface area contributed by atoms with Gasteiger partial charge in [0, 0.05) is 12.3 Å². The van der Waals surface area contributed by atoms with Crippen molar-refractivity contribution in [1.82, 2.24) is 0 Å². The minimum absolute atomic E-state index is 0.107. The van der Waals surface area contributed by atoms with E-state index in [4.69, 9.17) is 19.7 Å². The number of carboxylic acid groups (broad SMARTS) is 2. The van der Waals surface area contributed by atoms with E-state index >= 15 is 0 Å². The van der Waals surface area contributed by atoms with Crippen LogP contribution in [0.1, 0.15) is 114 Å². The fourth-order valence-corrected chi connectivity index (χ4v) is 7.17. The Morgan fingerprint density at radius 2 is 1.32 bits per heavy atom. The quantitative estimate of drug-likeness (QED) is 0.0755. The third kappa shape index (κ3) is 17.7. The Kier molecular flexibility index (Phi) is 19.0. The monoisotopic (exact) mass is 768 g/mol. The van der Waals surface area contributed by atoms with Crippen molar-refractivity contribution in [2.75, 3.05) is 0 Å². The highest BCUT2D eigenvalue weighted by Gasteiger charge is 2.37. The molecule has 0 fully saturated rings. The summed E-state index contributed by atoms with van der Waals surface area (Å²) in [6.07, 6.45) is 30.5. The molecule has 0 aromatic rings. The first kappa shape index (κ1) is 47.2. The summed E-state index contributed by atoms with van der Waals surface area (Å²) in [6.45, 7) is 23.1. The van der Waals surface area contributed by atoms with Gasteiger partial charge < -0.3 is 19.7 Å². The normalized spacial score (nSPS) is 22.1. The lowest BCUT2D eigenvalue weighted by Crippen LogP contribution is -2.35. The number of allylic oxidation sites excluding steroid dienone is 19. The minimum atomic E-state index is -1.01. The Bertz CT molecular complexity index is 1760. The molecule has 0 heterocycles. The highest BCUT2D eigenvalue weighted by molar-refractivity contribution is 5.77. The Morgan fingerprint density at radius 3 is 1.89 bits per heavy atom. The van der Waals surface area contributed by atoms with Crippen LogP contribution in [0.4, 0.5) is 0 Å². The van der Waals surface area contributed by atoms with Crippen molar-refractivity contribution >= 4 is 23.9 Å². The van der Waals surface area contributed by atoms with Crippen molar-refractivity contribution in [2.45, 2.75) is 126 Å². The smallest absolute Gasteiger partial charge is 0.306 e. The molecule has 2 aliphatic carbocycles. The average molecular weight is 769 g/mol. The molecule has 2 N–H and O–H groups in total. The molecule has 0 radical (unpaired) electrons. The third-order valence-electron chi connectivity index (χ3n) is 9.98. The summed E-state index contributed by atoms with van der Waals surface area (Å²) in [5.41, 5.74) is 7.55. The van der Waals surface area contributed by atoms with Gasteiger partial charge in [0.1, 0.15) is 12.2 Å². The van der Waals surface area contributed by atoms with E-state index < -0.39 is 23.9 Å². The Labute approximate surface area is 335 Å². The molecule has 0 spiro atoms. The molecule has 0 aromatic carbocycles. The molecule has 0 aromatic heterocycles. The zero-order valence-electron chi connectivity index (χ0n) is 35.0. The van der Waals surface area contributed by atoms with Crippen molar-refractivity contribution in [3.05, 3.63) is 131 Å². The first-order chi connectivity index (χ1) is 26.2. The van der Waals surface area contributed by atoms with Gasteiger partial charge in [-0.15, -0.1) is 0 Å². The molecule has 0 saturated carbocycles. The first-order valence-electron chi connectivity index (χ1n) is 19.5. The minimum Gasteiger partial charge on any atom is -0.481 e. The van der Waals surface area contributed by atoms with Crippen molar-refractivity contribution in [2.24, 2.45) is 16.7 Å². The van der Waals surface area contributed by atoms with Gasteiger partial charge >= 0.3 is 23.9 Å². The summed E-state index contributed by atoms with van der Waals surface area (Å²) in [4.78, 5) is 45.7. The number of hydrogen-bond donors (Lipinski definition) is 2. The molecule has 3 unspecified atom stereocenters. The van der Waals surface area contributed by atoms with Gasteiger partial charge in [-0.2, -0.15) is 0 Å². The predicted octanol–water partition coefficient (Wildman–Crippen LogP) is 11.2. The van der Waals surface area contributed by atoms with E-state index in [2.05, 4.69) is 123 Å². The van der Waals surface area contributed by atoms with Gasteiger partial charge in [0.05, 0.1) is 25.7 Å². The maximum atomic E-state index is 12.1. The van der Waals surface area contributed by atoms with Crippen molar-refractivity contribution in [1.29, 1.82) is 0 Å². The highest BCUT2D eigenvalue weighted by Crippen LogP contribution is 2.43. The molecular weight excluding hydrogens is 705 g/mol. The van der Waals surface area contributed by atoms with E-state index in [-0.39, 0.29) is 54.6 Å². The van der Waals surface area contributed by atoms with Crippen LogP contribution >= 0.6 is 0 Å². The molecule has 56 heavy (non-hydrogen) atoms. The van der Waals surface area contributed by atoms with Gasteiger partial charge in [0.2, 0.25) is 0 Å². The van der Waals surface area contributed by atoms with Crippen molar-refractivity contribution in [3.8, 4) is 0 Å². The van der Waals surface area contributed by atoms with Gasteiger partial charge in [-0.25, -0.2) is 0 Å². The van der Waals surface area contributed by atoms with E-state index in [1.54, 1.807) is 0 Å². The number of carbonyl (C=O) groups is 4. The number of ether oxygens (including phenoxy) is 2. The molecule has 2 aliphatic rings. The molecule has 8 heteroatoms. The van der Waals surface area contributed by atoms with Crippen molar-refractivity contribution in [3.63, 3.8) is 0 Å². The number of rotatable bonds is 19. The molecular formula is C48H64O8. The zero-order chi connectivity index (χ0) is 42.1. The third-order valence-corrected chi connectivity index (χ3v) is 9.98. The second kappa shape index (κ2) is 22.5. The number of carboxylic acids is 2. The summed E-state index contributed by atoms with van der Waals surface area (Å²) >= 11 is 0. The van der Waals surface area contributed by atoms with Gasteiger partial charge in [-0.05, 0) is 76.4 Å². The van der Waals surface area contributed by atoms with E-state index in [0.29, 0.717) is 19.3 Å². The molecule has 0 saturated heterocycles. The molecule has 3 atom stereocenters. The maximum Gasteiger partial charge on any atom is 0.306 e. The highest BCUT2D eigenvalue weighted by atomic mass is 16.5. The summed E-state index contributed by atoms with van der Waals surface area (Å²) in [7, 11) is 0. The van der Waals surface area contributed by atoms with E-state index in [0.717, 1.165) is 34.3 Å². The molecule has 0 amide bonds. The summed E-state index contributed by atoms with van der Waals surface area (Å²) in [5.74, 6) is -2.78. The fourth-order valence-electron chi connectivity index (χ4n) is 7.17. The lowest BCUT2D eigenvalue weighted by molar-refractivity contribution is -0.153. The summed E-state index contributed by atoms with van der Waals surface area (Å²) in [5, 5.41) is 17.6. The molecule has 0 bridgehead atoms. The number of aliphatic carboxylic acids is 2. The largest absolute Gasteiger partial charge is 0.481 e. The van der Waals surface area contributed by atoms with Gasteiger partial charge in [-0.1, -0.05) is 147 Å². The van der Waals surface area contributed by atoms with Crippen molar-refractivity contribution < 1.29 is 38.9 Å². The van der Waals surface area contributed by atoms with E-state index in [1.165, 1.54) is 11.1 Å². The molecule has 0 aliphatic heterocycles. The fraction of sp³-hybridized carbons (Fsp3) is 0.458. The summed E-state index contributed by atoms with van der Waals surface area (Å²) in [6, 6.07) is 0. The van der Waals surface area contributed by atoms with E-state index in [9.17, 15) is 19.2 Å². The predicted molar refractivity (Wildman–Crippen MR) is 226 cm³/mol. The molecule has 304 valence electrons. The standard InChI is InChI=1S/C48H64O8/c1-33(17-13-19-35(3)21-23-41-37(5)29-39(31-47(41,7)8)55-45(53)27-25-43(49)50)15-11-12-16-34(2)18-14-20-36(4)22-24-42-38(6)30-40(32-48(42,9)10)56-46(54)28-26-44(51)52/h11-18,20-24,29,39-41H,3,19,25-28,30-32H2,1-2,4-10H3,(H,49,50)(H,51,52). The second-order valence-electron chi connectivity index (χ2n) is 16.4. The Hall–Kier alpha value is -4.98. The zero-order valence-corrected chi connectivity index (χ0v) is 35.0. The van der Waals surface area contributed by atoms with Crippen LogP contribution in [0.2, 0.25) is 0 Å². The average Bonchev–Trinajstić information content (AvgIpc) is 3.07. The van der Waals surface area contributed by atoms with Crippen LogP contribution in [0.5, 0.6) is 0 Å². The topological polar surface area (TPSA) is 127 Å². The number of hydrogen-bond acceptors (Lipinski definition) is 6. The Morgan fingerprint density at radius 1 is 0.768 bits per heavy atom. The van der Waals surface area contributed by atoms with Gasteiger partial charge in [0.25, 0.3) is 0 Å².